The Morgan fingerprint density at radius 1 is 1.29 bits per heavy atom. The van der Waals surface area contributed by atoms with E-state index in [0.717, 1.165) is 35.5 Å². The molecule has 0 radical (unpaired) electrons. The molecule has 21 heavy (non-hydrogen) atoms. The van der Waals surface area contributed by atoms with Crippen molar-refractivity contribution in [1.29, 1.82) is 0 Å². The Morgan fingerprint density at radius 2 is 2.00 bits per heavy atom. The van der Waals surface area contributed by atoms with Gasteiger partial charge in [0.1, 0.15) is 6.04 Å². The predicted molar refractivity (Wildman–Crippen MR) is 81.5 cm³/mol. The molecule has 4 nitrogen and oxygen atoms in total. The SMILES string of the molecule is CC(C(=O)O)N(C(=O)C1CCSc2ccccc21)C1CC1. The van der Waals surface area contributed by atoms with E-state index in [1.165, 1.54) is 0 Å². The third-order valence-corrected chi connectivity index (χ3v) is 5.35. The van der Waals surface area contributed by atoms with Gasteiger partial charge in [-0.2, -0.15) is 0 Å². The minimum Gasteiger partial charge on any atom is -0.480 e. The second-order valence-corrected chi connectivity index (χ2v) is 6.86. The average molecular weight is 305 g/mol. The number of carboxylic acid groups (broad SMARTS) is 1. The second-order valence-electron chi connectivity index (χ2n) is 5.72. The summed E-state index contributed by atoms with van der Waals surface area (Å²) in [5.74, 6) is -0.216. The first-order chi connectivity index (χ1) is 10.1. The van der Waals surface area contributed by atoms with Crippen LogP contribution < -0.4 is 0 Å². The third-order valence-electron chi connectivity index (χ3n) is 4.23. The smallest absolute Gasteiger partial charge is 0.326 e. The van der Waals surface area contributed by atoms with E-state index < -0.39 is 12.0 Å². The fourth-order valence-electron chi connectivity index (χ4n) is 2.94. The molecule has 3 rings (SSSR count). The Hall–Kier alpha value is -1.49. The molecule has 1 amide bonds. The van der Waals surface area contributed by atoms with Gasteiger partial charge in [-0.05, 0) is 43.6 Å². The number of fused-ring (bicyclic) bond motifs is 1. The van der Waals surface area contributed by atoms with Crippen molar-refractivity contribution >= 4 is 23.6 Å². The van der Waals surface area contributed by atoms with Gasteiger partial charge in [-0.25, -0.2) is 4.79 Å². The second kappa shape index (κ2) is 5.72. The normalized spacial score (nSPS) is 22.2. The van der Waals surface area contributed by atoms with E-state index in [9.17, 15) is 14.7 Å². The molecule has 1 heterocycles. The lowest BCUT2D eigenvalue weighted by molar-refractivity contribution is -0.150. The lowest BCUT2D eigenvalue weighted by atomic mass is 9.93. The van der Waals surface area contributed by atoms with E-state index in [1.807, 2.05) is 24.3 Å². The van der Waals surface area contributed by atoms with Crippen LogP contribution in [0.3, 0.4) is 0 Å². The molecule has 1 N–H and O–H groups in total. The summed E-state index contributed by atoms with van der Waals surface area (Å²) >= 11 is 1.77. The molecule has 2 aliphatic rings. The van der Waals surface area contributed by atoms with Crippen LogP contribution in [0.1, 0.15) is 37.7 Å². The van der Waals surface area contributed by atoms with Crippen molar-refractivity contribution in [2.24, 2.45) is 0 Å². The molecule has 1 aliphatic carbocycles. The van der Waals surface area contributed by atoms with Gasteiger partial charge >= 0.3 is 5.97 Å². The molecular weight excluding hydrogens is 286 g/mol. The largest absolute Gasteiger partial charge is 0.480 e. The van der Waals surface area contributed by atoms with Gasteiger partial charge < -0.3 is 10.0 Å². The summed E-state index contributed by atoms with van der Waals surface area (Å²) in [6.45, 7) is 1.61. The number of carbonyl (C=O) groups excluding carboxylic acids is 1. The van der Waals surface area contributed by atoms with Gasteiger partial charge in [-0.15, -0.1) is 11.8 Å². The van der Waals surface area contributed by atoms with E-state index in [0.29, 0.717) is 0 Å². The van der Waals surface area contributed by atoms with Crippen LogP contribution >= 0.6 is 11.8 Å². The molecule has 1 aliphatic heterocycles. The van der Waals surface area contributed by atoms with Crippen LogP contribution in [0.5, 0.6) is 0 Å². The summed E-state index contributed by atoms with van der Waals surface area (Å²) in [6, 6.07) is 7.35. The molecule has 0 spiro atoms. The summed E-state index contributed by atoms with van der Waals surface area (Å²) in [5, 5.41) is 9.27. The standard InChI is InChI=1S/C16H19NO3S/c1-10(16(19)20)17(11-6-7-11)15(18)13-8-9-21-14-5-3-2-4-12(13)14/h2-5,10-11,13H,6-9H2,1H3,(H,19,20). The maximum absolute atomic E-state index is 12.9. The highest BCUT2D eigenvalue weighted by Gasteiger charge is 2.42. The van der Waals surface area contributed by atoms with Crippen molar-refractivity contribution in [3.63, 3.8) is 0 Å². The number of hydrogen-bond donors (Lipinski definition) is 1. The first-order valence-corrected chi connectivity index (χ1v) is 8.35. The molecule has 1 fully saturated rings. The van der Waals surface area contributed by atoms with Crippen LogP contribution in [0, 0.1) is 0 Å². The number of carboxylic acids is 1. The van der Waals surface area contributed by atoms with E-state index in [4.69, 9.17) is 0 Å². The maximum Gasteiger partial charge on any atom is 0.326 e. The molecule has 2 atom stereocenters. The van der Waals surface area contributed by atoms with Crippen molar-refractivity contribution < 1.29 is 14.7 Å². The van der Waals surface area contributed by atoms with Crippen LogP contribution in [0.15, 0.2) is 29.2 Å². The van der Waals surface area contributed by atoms with Crippen molar-refractivity contribution in [3.05, 3.63) is 29.8 Å². The molecule has 5 heteroatoms. The van der Waals surface area contributed by atoms with Gasteiger partial charge in [-0.1, -0.05) is 18.2 Å². The predicted octanol–water partition coefficient (Wildman–Crippen LogP) is 2.73. The van der Waals surface area contributed by atoms with Gasteiger partial charge in [0.25, 0.3) is 0 Å². The van der Waals surface area contributed by atoms with Crippen LogP contribution in [0.2, 0.25) is 0 Å². The van der Waals surface area contributed by atoms with Gasteiger partial charge in [0, 0.05) is 10.9 Å². The highest BCUT2D eigenvalue weighted by atomic mass is 32.2. The summed E-state index contributed by atoms with van der Waals surface area (Å²) in [6.07, 6.45) is 2.63. The van der Waals surface area contributed by atoms with Crippen molar-refractivity contribution in [2.45, 2.75) is 49.1 Å². The molecular formula is C16H19NO3S. The molecule has 112 valence electrons. The number of hydrogen-bond acceptors (Lipinski definition) is 3. The average Bonchev–Trinajstić information content (AvgIpc) is 3.31. The number of thioether (sulfide) groups is 1. The Labute approximate surface area is 128 Å². The van der Waals surface area contributed by atoms with Gasteiger partial charge in [-0.3, -0.25) is 4.79 Å². The van der Waals surface area contributed by atoms with Crippen LogP contribution in [-0.4, -0.2) is 39.7 Å². The summed E-state index contributed by atoms with van der Waals surface area (Å²) in [4.78, 5) is 27.0. The number of aliphatic carboxylic acids is 1. The van der Waals surface area contributed by atoms with E-state index in [2.05, 4.69) is 0 Å². The van der Waals surface area contributed by atoms with Gasteiger partial charge in [0.2, 0.25) is 5.91 Å². The number of nitrogens with zero attached hydrogens (tertiary/aromatic N) is 1. The lowest BCUT2D eigenvalue weighted by Gasteiger charge is -2.33. The number of amides is 1. The van der Waals surface area contributed by atoms with Crippen LogP contribution in [0.4, 0.5) is 0 Å². The first kappa shape index (κ1) is 14.4. The molecule has 0 aromatic heterocycles. The van der Waals surface area contributed by atoms with E-state index >= 15 is 0 Å². The molecule has 1 saturated carbocycles. The topological polar surface area (TPSA) is 57.6 Å². The Bertz CT molecular complexity index is 570. The zero-order valence-corrected chi connectivity index (χ0v) is 12.8. The molecule has 2 unspecified atom stereocenters. The molecule has 1 aromatic rings. The molecule has 0 saturated heterocycles. The number of carbonyl (C=O) groups is 2. The number of rotatable bonds is 4. The van der Waals surface area contributed by atoms with Crippen LogP contribution in [-0.2, 0) is 9.59 Å². The van der Waals surface area contributed by atoms with Crippen molar-refractivity contribution in [1.82, 2.24) is 4.90 Å². The van der Waals surface area contributed by atoms with Gasteiger partial charge in [0.15, 0.2) is 0 Å². The zero-order chi connectivity index (χ0) is 15.0. The Balaban J connectivity index is 1.89. The Morgan fingerprint density at radius 3 is 2.67 bits per heavy atom. The van der Waals surface area contributed by atoms with Crippen molar-refractivity contribution in [2.75, 3.05) is 5.75 Å². The first-order valence-electron chi connectivity index (χ1n) is 7.36. The fraction of sp³-hybridized carbons (Fsp3) is 0.500. The minimum absolute atomic E-state index is 0.0137. The maximum atomic E-state index is 12.9. The third kappa shape index (κ3) is 2.79. The Kier molecular flexibility index (Phi) is 3.93. The summed E-state index contributed by atoms with van der Waals surface area (Å²) in [7, 11) is 0. The van der Waals surface area contributed by atoms with E-state index in [1.54, 1.807) is 23.6 Å². The monoisotopic (exact) mass is 305 g/mol. The quantitative estimate of drug-likeness (QED) is 0.929. The highest BCUT2D eigenvalue weighted by Crippen LogP contribution is 2.40. The molecule has 0 bridgehead atoms. The lowest BCUT2D eigenvalue weighted by Crippen LogP contribution is -2.47. The number of benzene rings is 1. The van der Waals surface area contributed by atoms with E-state index in [-0.39, 0.29) is 17.9 Å². The minimum atomic E-state index is -0.922. The zero-order valence-electron chi connectivity index (χ0n) is 12.0. The molecule has 1 aromatic carbocycles. The fourth-order valence-corrected chi connectivity index (χ4v) is 4.06. The van der Waals surface area contributed by atoms with Gasteiger partial charge in [0.05, 0.1) is 5.92 Å². The van der Waals surface area contributed by atoms with Crippen LogP contribution in [0.25, 0.3) is 0 Å². The summed E-state index contributed by atoms with van der Waals surface area (Å²) < 4.78 is 0. The summed E-state index contributed by atoms with van der Waals surface area (Å²) in [5.41, 5.74) is 1.06. The highest BCUT2D eigenvalue weighted by molar-refractivity contribution is 7.99. The van der Waals surface area contributed by atoms with Crippen molar-refractivity contribution in [3.8, 4) is 0 Å².